The fourth-order valence-electron chi connectivity index (χ4n) is 3.71. The molecule has 1 radical (unpaired) electrons. The van der Waals surface area contributed by atoms with E-state index in [1.54, 1.807) is 0 Å². The molecule has 3 heterocycles. The van der Waals surface area contributed by atoms with E-state index in [4.69, 9.17) is 0 Å². The van der Waals surface area contributed by atoms with Crippen molar-refractivity contribution >= 4 is 0 Å². The van der Waals surface area contributed by atoms with Gasteiger partial charge in [0.15, 0.2) is 0 Å². The first-order valence-corrected chi connectivity index (χ1v) is 12.9. The van der Waals surface area contributed by atoms with Crippen LogP contribution in [0, 0.1) is 18.2 Å². The van der Waals surface area contributed by atoms with E-state index in [1.807, 2.05) is 128 Å². The van der Waals surface area contributed by atoms with Crippen molar-refractivity contribution in [1.82, 2.24) is 15.0 Å². The van der Waals surface area contributed by atoms with Crippen LogP contribution >= 0.6 is 0 Å². The molecule has 0 aliphatic heterocycles. The standard InChI is InChI=1S/3C12H10N.Ir/c3*1-2-6-11(7-3-1)10-12-8-4-5-9-13-12;/h3*1-6,8-9H,10H2;/q3*-1;. The van der Waals surface area contributed by atoms with Gasteiger partial charge < -0.3 is 0 Å². The normalized spacial score (nSPS) is 9.60. The number of nitrogens with zero attached hydrogens (tertiary/aromatic N) is 3. The maximum atomic E-state index is 4.25. The molecule has 0 atom stereocenters. The Labute approximate surface area is 251 Å². The quantitative estimate of drug-likeness (QED) is 0.170. The van der Waals surface area contributed by atoms with Crippen molar-refractivity contribution in [2.24, 2.45) is 0 Å². The molecular formula is C36H30IrN3-3. The van der Waals surface area contributed by atoms with Crippen molar-refractivity contribution in [3.63, 3.8) is 0 Å². The van der Waals surface area contributed by atoms with E-state index in [2.05, 4.69) is 51.4 Å². The maximum absolute atomic E-state index is 4.25. The Hall–Kier alpha value is -4.24. The van der Waals surface area contributed by atoms with Crippen LogP contribution in [0.3, 0.4) is 0 Å². The SMILES string of the molecule is [Ir].[c-]1ccccc1Cc1ccccn1.[c-]1ccccc1Cc1ccccn1.[c-]1ccccc1Cc1ccccn1. The summed E-state index contributed by atoms with van der Waals surface area (Å²) >= 11 is 0. The second-order valence-corrected chi connectivity index (χ2v) is 8.66. The average molecular weight is 697 g/mol. The fourth-order valence-corrected chi connectivity index (χ4v) is 3.71. The largest absolute Gasteiger partial charge is 0.261 e. The van der Waals surface area contributed by atoms with Crippen molar-refractivity contribution in [1.29, 1.82) is 0 Å². The van der Waals surface area contributed by atoms with Gasteiger partial charge in [0, 0.05) is 55.8 Å². The molecule has 0 amide bonds. The molecule has 0 N–H and O–H groups in total. The number of hydrogen-bond acceptors (Lipinski definition) is 3. The summed E-state index contributed by atoms with van der Waals surface area (Å²) in [4.78, 5) is 12.8. The molecule has 6 aromatic rings. The minimum Gasteiger partial charge on any atom is -0.261 e. The van der Waals surface area contributed by atoms with Gasteiger partial charge in [-0.1, -0.05) is 18.2 Å². The summed E-state index contributed by atoms with van der Waals surface area (Å²) in [6.45, 7) is 0. The number of rotatable bonds is 6. The smallest absolute Gasteiger partial charge is 0.0426 e. The molecule has 3 aromatic heterocycles. The molecule has 0 fully saturated rings. The summed E-state index contributed by atoms with van der Waals surface area (Å²) in [7, 11) is 0. The Morgan fingerprint density at radius 1 is 0.375 bits per heavy atom. The Kier molecular flexibility index (Phi) is 13.7. The molecule has 0 aliphatic rings. The van der Waals surface area contributed by atoms with Crippen LogP contribution in [0.5, 0.6) is 0 Å². The monoisotopic (exact) mass is 697 g/mol. The van der Waals surface area contributed by atoms with Crippen LogP contribution in [0.4, 0.5) is 0 Å². The molecule has 0 unspecified atom stereocenters. The maximum Gasteiger partial charge on any atom is 0.0426 e. The summed E-state index contributed by atoms with van der Waals surface area (Å²) in [5.41, 5.74) is 6.81. The topological polar surface area (TPSA) is 38.7 Å². The molecule has 3 aromatic carbocycles. The van der Waals surface area contributed by atoms with Crippen molar-refractivity contribution in [3.8, 4) is 0 Å². The molecule has 0 saturated heterocycles. The van der Waals surface area contributed by atoms with E-state index in [9.17, 15) is 0 Å². The third-order valence-corrected chi connectivity index (χ3v) is 5.61. The Balaban J connectivity index is 0.000000163. The minimum atomic E-state index is 0. The number of aromatic nitrogens is 3. The fraction of sp³-hybridized carbons (Fsp3) is 0.0833. The van der Waals surface area contributed by atoms with E-state index in [-0.39, 0.29) is 20.1 Å². The summed E-state index contributed by atoms with van der Waals surface area (Å²) in [6.07, 6.45) is 8.04. The van der Waals surface area contributed by atoms with Gasteiger partial charge >= 0.3 is 0 Å². The first kappa shape index (κ1) is 30.3. The van der Waals surface area contributed by atoms with Crippen LogP contribution in [0.1, 0.15) is 33.8 Å². The molecular weight excluding hydrogens is 667 g/mol. The van der Waals surface area contributed by atoms with Crippen molar-refractivity contribution in [2.75, 3.05) is 0 Å². The molecule has 4 heteroatoms. The number of hydrogen-bond donors (Lipinski definition) is 0. The Morgan fingerprint density at radius 3 is 0.900 bits per heavy atom. The molecule has 3 nitrogen and oxygen atoms in total. The van der Waals surface area contributed by atoms with E-state index >= 15 is 0 Å². The van der Waals surface area contributed by atoms with Gasteiger partial charge in [-0.25, -0.2) is 0 Å². The van der Waals surface area contributed by atoms with Gasteiger partial charge in [0.05, 0.1) is 0 Å². The zero-order chi connectivity index (χ0) is 26.8. The summed E-state index contributed by atoms with van der Waals surface area (Å²) < 4.78 is 0. The van der Waals surface area contributed by atoms with Crippen LogP contribution in [0.2, 0.25) is 0 Å². The average Bonchev–Trinajstić information content (AvgIpc) is 3.01. The second-order valence-electron chi connectivity index (χ2n) is 8.66. The van der Waals surface area contributed by atoms with Crippen LogP contribution in [-0.2, 0) is 39.4 Å². The van der Waals surface area contributed by atoms with Crippen LogP contribution < -0.4 is 0 Å². The van der Waals surface area contributed by atoms with Crippen LogP contribution in [-0.4, -0.2) is 15.0 Å². The van der Waals surface area contributed by atoms with Gasteiger partial charge in [-0.15, -0.1) is 0 Å². The second kappa shape index (κ2) is 18.1. The zero-order valence-corrected chi connectivity index (χ0v) is 24.5. The van der Waals surface area contributed by atoms with Crippen LogP contribution in [0.15, 0.2) is 146 Å². The van der Waals surface area contributed by atoms with E-state index in [1.165, 1.54) is 16.7 Å². The van der Waals surface area contributed by atoms with E-state index in [0.29, 0.717) is 0 Å². The number of benzene rings is 3. The molecule has 0 spiro atoms. The summed E-state index contributed by atoms with van der Waals surface area (Å²) in [5, 5.41) is 0. The molecule has 6 rings (SSSR count). The van der Waals surface area contributed by atoms with Gasteiger partial charge in [0.25, 0.3) is 0 Å². The number of pyridine rings is 3. The molecule has 40 heavy (non-hydrogen) atoms. The third kappa shape index (κ3) is 11.7. The summed E-state index contributed by atoms with van der Waals surface area (Å²) in [5.74, 6) is 0. The third-order valence-electron chi connectivity index (χ3n) is 5.61. The Morgan fingerprint density at radius 2 is 0.675 bits per heavy atom. The van der Waals surface area contributed by atoms with E-state index < -0.39 is 0 Å². The predicted molar refractivity (Wildman–Crippen MR) is 157 cm³/mol. The van der Waals surface area contributed by atoms with Crippen molar-refractivity contribution < 1.29 is 20.1 Å². The van der Waals surface area contributed by atoms with Crippen molar-refractivity contribution in [3.05, 3.63) is 198 Å². The molecule has 0 aliphatic carbocycles. The Bertz CT molecular complexity index is 1140. The van der Waals surface area contributed by atoms with Crippen molar-refractivity contribution in [2.45, 2.75) is 19.3 Å². The predicted octanol–water partition coefficient (Wildman–Crippen LogP) is 7.42. The zero-order valence-electron chi connectivity index (χ0n) is 22.2. The molecule has 0 bridgehead atoms. The molecule has 201 valence electrons. The van der Waals surface area contributed by atoms with Gasteiger partial charge in [-0.3, -0.25) is 15.0 Å². The summed E-state index contributed by atoms with van der Waals surface area (Å²) in [6, 6.07) is 51.4. The molecule has 0 saturated carbocycles. The van der Waals surface area contributed by atoms with Gasteiger partial charge in [-0.05, 0) is 55.7 Å². The first-order chi connectivity index (χ1) is 19.3. The van der Waals surface area contributed by atoms with Gasteiger partial charge in [0.1, 0.15) is 0 Å². The first-order valence-electron chi connectivity index (χ1n) is 12.9. The van der Waals surface area contributed by atoms with Gasteiger partial charge in [-0.2, -0.15) is 108 Å². The van der Waals surface area contributed by atoms with E-state index in [0.717, 1.165) is 36.3 Å². The van der Waals surface area contributed by atoms with Crippen LogP contribution in [0.25, 0.3) is 0 Å². The minimum absolute atomic E-state index is 0. The van der Waals surface area contributed by atoms with Gasteiger partial charge in [0.2, 0.25) is 0 Å².